The maximum Gasteiger partial charge on any atom is 0.135 e. The average Bonchev–Trinajstić information content (AvgIpc) is 2.82. The zero-order valence-electron chi connectivity index (χ0n) is 9.51. The summed E-state index contributed by atoms with van der Waals surface area (Å²) in [6.07, 6.45) is 2.08. The minimum Gasteiger partial charge on any atom is -0.456 e. The maximum atomic E-state index is 5.82. The molecule has 1 aromatic heterocycles. The van der Waals surface area contributed by atoms with Crippen molar-refractivity contribution in [3.63, 3.8) is 0 Å². The second-order valence-corrected chi connectivity index (χ2v) is 4.76. The Morgan fingerprint density at radius 1 is 0.941 bits per heavy atom. The van der Waals surface area contributed by atoms with Crippen molar-refractivity contribution in [1.29, 1.82) is 0 Å². The van der Waals surface area contributed by atoms with Gasteiger partial charge in [-0.1, -0.05) is 30.3 Å². The van der Waals surface area contributed by atoms with Crippen LogP contribution < -0.4 is 0 Å². The molecule has 2 heteroatoms. The number of furan rings is 1. The van der Waals surface area contributed by atoms with Crippen LogP contribution in [0.4, 0.5) is 0 Å². The molecule has 3 aromatic rings. The van der Waals surface area contributed by atoms with Crippen LogP contribution in [0.5, 0.6) is 0 Å². The molecule has 1 nitrogen and oxygen atoms in total. The Kier molecular flexibility index (Phi) is 2.65. The van der Waals surface area contributed by atoms with Crippen molar-refractivity contribution >= 4 is 22.7 Å². The SMILES string of the molecule is CSc1ccc(-c2cc3ccccc3o2)cc1. The molecule has 3 rings (SSSR count). The summed E-state index contributed by atoms with van der Waals surface area (Å²) in [4.78, 5) is 1.27. The van der Waals surface area contributed by atoms with Crippen LogP contribution in [-0.4, -0.2) is 6.26 Å². The van der Waals surface area contributed by atoms with Gasteiger partial charge in [-0.3, -0.25) is 0 Å². The van der Waals surface area contributed by atoms with Gasteiger partial charge in [0, 0.05) is 15.8 Å². The summed E-state index contributed by atoms with van der Waals surface area (Å²) >= 11 is 1.75. The van der Waals surface area contributed by atoms with Crippen molar-refractivity contribution in [1.82, 2.24) is 0 Å². The number of para-hydroxylation sites is 1. The van der Waals surface area contributed by atoms with Crippen molar-refractivity contribution in [2.24, 2.45) is 0 Å². The molecular weight excluding hydrogens is 228 g/mol. The third-order valence-corrected chi connectivity index (χ3v) is 3.54. The summed E-state index contributed by atoms with van der Waals surface area (Å²) in [7, 11) is 0. The number of benzene rings is 2. The van der Waals surface area contributed by atoms with Gasteiger partial charge >= 0.3 is 0 Å². The fourth-order valence-electron chi connectivity index (χ4n) is 1.88. The van der Waals surface area contributed by atoms with Crippen molar-refractivity contribution < 1.29 is 4.42 Å². The fourth-order valence-corrected chi connectivity index (χ4v) is 2.29. The standard InChI is InChI=1S/C15H12OS/c1-17-13-8-6-11(7-9-13)15-10-12-4-2-3-5-14(12)16-15/h2-10H,1H3. The average molecular weight is 240 g/mol. The molecule has 0 aliphatic rings. The van der Waals surface area contributed by atoms with Crippen LogP contribution in [0.15, 0.2) is 63.9 Å². The van der Waals surface area contributed by atoms with E-state index in [1.54, 1.807) is 11.8 Å². The van der Waals surface area contributed by atoms with Crippen LogP contribution in [0.2, 0.25) is 0 Å². The van der Waals surface area contributed by atoms with Crippen molar-refractivity contribution in [3.8, 4) is 11.3 Å². The summed E-state index contributed by atoms with van der Waals surface area (Å²) in [6, 6.07) is 18.6. The zero-order valence-corrected chi connectivity index (χ0v) is 10.3. The minimum atomic E-state index is 0.929. The van der Waals surface area contributed by atoms with Gasteiger partial charge in [-0.25, -0.2) is 0 Å². The van der Waals surface area contributed by atoms with Gasteiger partial charge < -0.3 is 4.42 Å². The molecule has 0 unspecified atom stereocenters. The van der Waals surface area contributed by atoms with E-state index in [-0.39, 0.29) is 0 Å². The van der Waals surface area contributed by atoms with Gasteiger partial charge in [0.15, 0.2) is 0 Å². The smallest absolute Gasteiger partial charge is 0.135 e. The van der Waals surface area contributed by atoms with Crippen molar-refractivity contribution in [2.45, 2.75) is 4.90 Å². The molecule has 2 aromatic carbocycles. The molecule has 17 heavy (non-hydrogen) atoms. The molecule has 0 aliphatic carbocycles. The molecule has 0 N–H and O–H groups in total. The topological polar surface area (TPSA) is 13.1 Å². The quantitative estimate of drug-likeness (QED) is 0.596. The Morgan fingerprint density at radius 2 is 1.71 bits per heavy atom. The molecule has 0 saturated carbocycles. The van der Waals surface area contributed by atoms with Crippen LogP contribution in [0.3, 0.4) is 0 Å². The Balaban J connectivity index is 2.07. The molecule has 0 fully saturated rings. The Morgan fingerprint density at radius 3 is 2.41 bits per heavy atom. The normalized spacial score (nSPS) is 10.9. The molecule has 0 saturated heterocycles. The van der Waals surface area contributed by atoms with E-state index >= 15 is 0 Å². The summed E-state index contributed by atoms with van der Waals surface area (Å²) in [5.74, 6) is 0.929. The Bertz CT molecular complexity index is 604. The first-order chi connectivity index (χ1) is 8.36. The molecule has 84 valence electrons. The highest BCUT2D eigenvalue weighted by molar-refractivity contribution is 7.98. The van der Waals surface area contributed by atoms with E-state index in [1.807, 2.05) is 18.2 Å². The van der Waals surface area contributed by atoms with Crippen LogP contribution in [0.25, 0.3) is 22.3 Å². The zero-order chi connectivity index (χ0) is 11.7. The lowest BCUT2D eigenvalue weighted by molar-refractivity contribution is 0.631. The second-order valence-electron chi connectivity index (χ2n) is 3.88. The van der Waals surface area contributed by atoms with Gasteiger partial charge in [-0.15, -0.1) is 11.8 Å². The van der Waals surface area contributed by atoms with Gasteiger partial charge in [0.2, 0.25) is 0 Å². The van der Waals surface area contributed by atoms with Gasteiger partial charge in [0.05, 0.1) is 0 Å². The molecular formula is C15H12OS. The molecule has 0 bridgehead atoms. The molecule has 0 radical (unpaired) electrons. The lowest BCUT2D eigenvalue weighted by Gasteiger charge is -1.98. The lowest BCUT2D eigenvalue weighted by Crippen LogP contribution is -1.73. The molecule has 0 atom stereocenters. The van der Waals surface area contributed by atoms with E-state index in [0.717, 1.165) is 22.3 Å². The van der Waals surface area contributed by atoms with Gasteiger partial charge in [0.25, 0.3) is 0 Å². The first-order valence-electron chi connectivity index (χ1n) is 5.50. The van der Waals surface area contributed by atoms with Crippen molar-refractivity contribution in [2.75, 3.05) is 6.26 Å². The Hall–Kier alpha value is -1.67. The summed E-state index contributed by atoms with van der Waals surface area (Å²) in [5, 5.41) is 1.15. The van der Waals surface area contributed by atoms with E-state index in [4.69, 9.17) is 4.42 Å². The highest BCUT2D eigenvalue weighted by atomic mass is 32.2. The third-order valence-electron chi connectivity index (χ3n) is 2.80. The number of fused-ring (bicyclic) bond motifs is 1. The Labute approximate surface area is 104 Å². The van der Waals surface area contributed by atoms with Gasteiger partial charge in [0.1, 0.15) is 11.3 Å². The van der Waals surface area contributed by atoms with E-state index in [1.165, 1.54) is 4.90 Å². The highest BCUT2D eigenvalue weighted by Crippen LogP contribution is 2.28. The van der Waals surface area contributed by atoms with E-state index in [0.29, 0.717) is 0 Å². The first-order valence-corrected chi connectivity index (χ1v) is 6.72. The molecule has 0 spiro atoms. The first kappa shape index (κ1) is 10.5. The number of hydrogen-bond acceptors (Lipinski definition) is 2. The lowest BCUT2D eigenvalue weighted by atomic mass is 10.1. The summed E-state index contributed by atoms with van der Waals surface area (Å²) in [6.45, 7) is 0. The fraction of sp³-hybridized carbons (Fsp3) is 0.0667. The second kappa shape index (κ2) is 4.30. The summed E-state index contributed by atoms with van der Waals surface area (Å²) < 4.78 is 5.82. The third kappa shape index (κ3) is 1.96. The molecule has 0 aliphatic heterocycles. The monoisotopic (exact) mass is 240 g/mol. The predicted molar refractivity (Wildman–Crippen MR) is 73.4 cm³/mol. The van der Waals surface area contributed by atoms with Crippen LogP contribution in [0, 0.1) is 0 Å². The molecule has 0 amide bonds. The van der Waals surface area contributed by atoms with E-state index < -0.39 is 0 Å². The maximum absolute atomic E-state index is 5.82. The number of rotatable bonds is 2. The minimum absolute atomic E-state index is 0.929. The highest BCUT2D eigenvalue weighted by Gasteiger charge is 2.05. The van der Waals surface area contributed by atoms with E-state index in [2.05, 4.69) is 42.7 Å². The van der Waals surface area contributed by atoms with E-state index in [9.17, 15) is 0 Å². The predicted octanol–water partition coefficient (Wildman–Crippen LogP) is 4.82. The van der Waals surface area contributed by atoms with Crippen LogP contribution in [-0.2, 0) is 0 Å². The van der Waals surface area contributed by atoms with Crippen LogP contribution in [0.1, 0.15) is 0 Å². The largest absolute Gasteiger partial charge is 0.456 e. The van der Waals surface area contributed by atoms with Crippen molar-refractivity contribution in [3.05, 3.63) is 54.6 Å². The number of thioether (sulfide) groups is 1. The van der Waals surface area contributed by atoms with Gasteiger partial charge in [-0.05, 0) is 30.5 Å². The van der Waals surface area contributed by atoms with Gasteiger partial charge in [-0.2, -0.15) is 0 Å². The number of hydrogen-bond donors (Lipinski definition) is 0. The molecule has 1 heterocycles. The van der Waals surface area contributed by atoms with Crippen LogP contribution >= 0.6 is 11.8 Å². The summed E-state index contributed by atoms with van der Waals surface area (Å²) in [5.41, 5.74) is 2.07.